The van der Waals surface area contributed by atoms with Crippen LogP contribution in [0.25, 0.3) is 5.70 Å². The van der Waals surface area contributed by atoms with E-state index in [-0.39, 0.29) is 4.86 Å². The molecule has 4 rings (SSSR count). The van der Waals surface area contributed by atoms with Crippen LogP contribution in [0.1, 0.15) is 5.56 Å². The summed E-state index contributed by atoms with van der Waals surface area (Å²) in [5.41, 5.74) is 1.86. The van der Waals surface area contributed by atoms with Gasteiger partial charge >= 0.3 is 5.97 Å². The first-order chi connectivity index (χ1) is 15.5. The summed E-state index contributed by atoms with van der Waals surface area (Å²) in [6, 6.07) is 22.8. The van der Waals surface area contributed by atoms with Crippen molar-refractivity contribution in [3.05, 3.63) is 107 Å². The Labute approximate surface area is 191 Å². The highest BCUT2D eigenvalue weighted by Crippen LogP contribution is 2.40. The molecular formula is C24H20N2O4S2. The minimum atomic E-state index is -2.73. The SMILES string of the molecule is O=C(O)C1C=C(n2cccc2)C(Sc2ccccc2)=C(NCc2ccccc2)C1=S(=O)=O. The zero-order chi connectivity index (χ0) is 22.5. The van der Waals surface area contributed by atoms with E-state index in [1.165, 1.54) is 17.8 Å². The van der Waals surface area contributed by atoms with Crippen molar-refractivity contribution in [1.82, 2.24) is 9.88 Å². The van der Waals surface area contributed by atoms with Gasteiger partial charge in [0, 0.05) is 23.8 Å². The highest BCUT2D eigenvalue weighted by molar-refractivity contribution is 8.03. The highest BCUT2D eigenvalue weighted by Gasteiger charge is 2.35. The molecule has 0 saturated carbocycles. The van der Waals surface area contributed by atoms with E-state index in [0.717, 1.165) is 10.5 Å². The largest absolute Gasteiger partial charge is 0.481 e. The maximum absolute atomic E-state index is 12.3. The predicted octanol–water partition coefficient (Wildman–Crippen LogP) is 3.89. The van der Waals surface area contributed by atoms with Crippen LogP contribution in [0.15, 0.2) is 107 Å². The van der Waals surface area contributed by atoms with Crippen molar-refractivity contribution in [3.63, 3.8) is 0 Å². The van der Waals surface area contributed by atoms with Gasteiger partial charge in [0.1, 0.15) is 10.8 Å². The van der Waals surface area contributed by atoms with Gasteiger partial charge in [-0.05, 0) is 35.9 Å². The second-order valence-corrected chi connectivity index (χ2v) is 9.01. The van der Waals surface area contributed by atoms with Crippen molar-refractivity contribution in [3.8, 4) is 0 Å². The fourth-order valence-corrected chi connectivity index (χ4v) is 5.31. The van der Waals surface area contributed by atoms with Gasteiger partial charge in [-0.2, -0.15) is 8.42 Å². The van der Waals surface area contributed by atoms with Crippen LogP contribution in [-0.2, 0) is 21.6 Å². The summed E-state index contributed by atoms with van der Waals surface area (Å²) in [5.74, 6) is -2.53. The molecule has 6 nitrogen and oxygen atoms in total. The smallest absolute Gasteiger partial charge is 0.316 e. The molecule has 0 amide bonds. The number of nitrogens with zero attached hydrogens (tertiary/aromatic N) is 1. The Hall–Kier alpha value is -3.49. The average Bonchev–Trinajstić information content (AvgIpc) is 3.33. The number of benzene rings is 2. The molecule has 0 aliphatic heterocycles. The number of thioether (sulfide) groups is 1. The number of aromatic nitrogens is 1. The van der Waals surface area contributed by atoms with E-state index < -0.39 is 22.2 Å². The number of carboxylic acid groups (broad SMARTS) is 1. The lowest BCUT2D eigenvalue weighted by molar-refractivity contribution is -0.138. The fourth-order valence-electron chi connectivity index (χ4n) is 3.44. The number of carbonyl (C=O) groups is 1. The van der Waals surface area contributed by atoms with Gasteiger partial charge in [-0.1, -0.05) is 60.3 Å². The molecule has 1 aliphatic rings. The zero-order valence-electron chi connectivity index (χ0n) is 16.9. The number of carboxylic acids is 1. The number of allylic oxidation sites excluding steroid dienone is 2. The van der Waals surface area contributed by atoms with Crippen LogP contribution in [0.4, 0.5) is 0 Å². The Morgan fingerprint density at radius 2 is 1.59 bits per heavy atom. The summed E-state index contributed by atoms with van der Waals surface area (Å²) >= 11 is 1.39. The number of hydrogen-bond donors (Lipinski definition) is 2. The van der Waals surface area contributed by atoms with Crippen molar-refractivity contribution < 1.29 is 18.3 Å². The first kappa shape index (κ1) is 21.7. The number of aliphatic carboxylic acids is 1. The summed E-state index contributed by atoms with van der Waals surface area (Å²) in [6.45, 7) is 0.348. The monoisotopic (exact) mass is 464 g/mol. The lowest BCUT2D eigenvalue weighted by Crippen LogP contribution is -2.35. The van der Waals surface area contributed by atoms with E-state index in [0.29, 0.717) is 22.8 Å². The minimum absolute atomic E-state index is 0.178. The van der Waals surface area contributed by atoms with Crippen molar-refractivity contribution >= 4 is 38.6 Å². The van der Waals surface area contributed by atoms with Gasteiger partial charge in [-0.25, -0.2) is 0 Å². The van der Waals surface area contributed by atoms with Gasteiger partial charge in [0.15, 0.2) is 0 Å². The Morgan fingerprint density at radius 1 is 0.969 bits per heavy atom. The normalized spacial score (nSPS) is 15.9. The lowest BCUT2D eigenvalue weighted by atomic mass is 9.95. The Kier molecular flexibility index (Phi) is 6.63. The van der Waals surface area contributed by atoms with Crippen LogP contribution in [0.3, 0.4) is 0 Å². The average molecular weight is 465 g/mol. The number of nitrogens with one attached hydrogen (secondary N) is 1. The van der Waals surface area contributed by atoms with Crippen molar-refractivity contribution in [1.29, 1.82) is 0 Å². The molecule has 0 spiro atoms. The van der Waals surface area contributed by atoms with E-state index in [1.807, 2.05) is 85.2 Å². The molecule has 1 aromatic heterocycles. The molecule has 1 heterocycles. The molecule has 0 fully saturated rings. The van der Waals surface area contributed by atoms with Crippen LogP contribution >= 0.6 is 11.8 Å². The van der Waals surface area contributed by atoms with Crippen LogP contribution < -0.4 is 5.32 Å². The minimum Gasteiger partial charge on any atom is -0.481 e. The van der Waals surface area contributed by atoms with E-state index in [2.05, 4.69) is 5.32 Å². The van der Waals surface area contributed by atoms with Gasteiger partial charge in [0.2, 0.25) is 10.3 Å². The number of hydrogen-bond acceptors (Lipinski definition) is 5. The molecule has 32 heavy (non-hydrogen) atoms. The van der Waals surface area contributed by atoms with Crippen LogP contribution in [0.5, 0.6) is 0 Å². The van der Waals surface area contributed by atoms with Crippen LogP contribution in [0, 0.1) is 5.92 Å². The summed E-state index contributed by atoms with van der Waals surface area (Å²) < 4.78 is 26.3. The summed E-state index contributed by atoms with van der Waals surface area (Å²) in [4.78, 5) is 13.4. The maximum atomic E-state index is 12.3. The first-order valence-electron chi connectivity index (χ1n) is 9.84. The van der Waals surface area contributed by atoms with Gasteiger partial charge in [-0.15, -0.1) is 0 Å². The first-order valence-corrected chi connectivity index (χ1v) is 11.7. The van der Waals surface area contributed by atoms with E-state index in [9.17, 15) is 18.3 Å². The van der Waals surface area contributed by atoms with Gasteiger partial charge < -0.3 is 15.0 Å². The Balaban J connectivity index is 1.90. The third kappa shape index (κ3) is 4.71. The van der Waals surface area contributed by atoms with E-state index in [4.69, 9.17) is 0 Å². The Bertz CT molecular complexity index is 1300. The molecule has 1 aliphatic carbocycles. The molecule has 0 bridgehead atoms. The summed E-state index contributed by atoms with van der Waals surface area (Å²) in [7, 11) is -2.73. The lowest BCUT2D eigenvalue weighted by Gasteiger charge is -2.27. The molecule has 0 saturated heterocycles. The Morgan fingerprint density at radius 3 is 2.19 bits per heavy atom. The fraction of sp³-hybridized carbons (Fsp3) is 0.0833. The molecule has 3 aromatic rings. The topological polar surface area (TPSA) is 88.4 Å². The van der Waals surface area contributed by atoms with Crippen LogP contribution in [0.2, 0.25) is 0 Å². The maximum Gasteiger partial charge on any atom is 0.316 e. The predicted molar refractivity (Wildman–Crippen MR) is 126 cm³/mol. The second kappa shape index (κ2) is 9.76. The van der Waals surface area contributed by atoms with Gasteiger partial charge in [0.05, 0.1) is 16.3 Å². The summed E-state index contributed by atoms with van der Waals surface area (Å²) in [6.07, 6.45) is 5.11. The third-order valence-corrected chi connectivity index (χ3v) is 6.86. The quantitative estimate of drug-likeness (QED) is 0.516. The molecule has 2 aromatic carbocycles. The zero-order valence-corrected chi connectivity index (χ0v) is 18.5. The van der Waals surface area contributed by atoms with Crippen molar-refractivity contribution in [2.75, 3.05) is 0 Å². The molecular weight excluding hydrogens is 444 g/mol. The molecule has 8 heteroatoms. The molecule has 2 N–H and O–H groups in total. The molecule has 162 valence electrons. The van der Waals surface area contributed by atoms with Crippen molar-refractivity contribution in [2.24, 2.45) is 5.92 Å². The van der Waals surface area contributed by atoms with E-state index in [1.54, 1.807) is 4.57 Å². The standard InChI is InChI=1S/C24H20N2O4S2/c27-24(28)19-15-20(26-13-7-8-14-26)22(31-18-11-5-2-6-12-18)21(23(19)32(29)30)25-16-17-9-3-1-4-10-17/h1-15,19,25H,16H2,(H,27,28). The summed E-state index contributed by atoms with van der Waals surface area (Å²) in [5, 5.41) is 13.1. The molecule has 0 radical (unpaired) electrons. The highest BCUT2D eigenvalue weighted by atomic mass is 32.2. The second-order valence-electron chi connectivity index (χ2n) is 7.02. The molecule has 1 unspecified atom stereocenters. The van der Waals surface area contributed by atoms with Crippen LogP contribution in [-0.4, -0.2) is 28.9 Å². The van der Waals surface area contributed by atoms with Crippen molar-refractivity contribution in [2.45, 2.75) is 11.4 Å². The third-order valence-electron chi connectivity index (χ3n) is 4.92. The van der Waals surface area contributed by atoms with Gasteiger partial charge in [0.25, 0.3) is 0 Å². The van der Waals surface area contributed by atoms with E-state index >= 15 is 0 Å². The van der Waals surface area contributed by atoms with Gasteiger partial charge in [-0.3, -0.25) is 4.79 Å². The molecule has 1 atom stereocenters. The number of rotatable bonds is 7.